The quantitative estimate of drug-likeness (QED) is 0.788. The predicted octanol–water partition coefficient (Wildman–Crippen LogP) is 1.13. The normalized spacial score (nSPS) is 10.0. The molecule has 3 N–H and O–H groups in total. The van der Waals surface area contributed by atoms with Crippen LogP contribution in [0.2, 0.25) is 0 Å². The van der Waals surface area contributed by atoms with Crippen LogP contribution in [-0.2, 0) is 6.54 Å². The molecular weight excluding hydrogens is 198 g/mol. The molecule has 0 saturated carbocycles. The molecule has 0 aromatic carbocycles. The monoisotopic (exact) mass is 207 g/mol. The summed E-state index contributed by atoms with van der Waals surface area (Å²) >= 11 is 1.34. The Hall–Kier alpha value is -1.69. The lowest BCUT2D eigenvalue weighted by molar-refractivity contribution is 0.998. The van der Waals surface area contributed by atoms with Crippen LogP contribution in [0.1, 0.15) is 5.69 Å². The summed E-state index contributed by atoms with van der Waals surface area (Å²) in [6.07, 6.45) is 1.66. The van der Waals surface area contributed by atoms with Gasteiger partial charge in [-0.25, -0.2) is 4.98 Å². The van der Waals surface area contributed by atoms with Gasteiger partial charge in [-0.3, -0.25) is 0 Å². The van der Waals surface area contributed by atoms with E-state index in [0.29, 0.717) is 12.4 Å². The van der Waals surface area contributed by atoms with Gasteiger partial charge in [0.05, 0.1) is 12.2 Å². The molecule has 0 amide bonds. The summed E-state index contributed by atoms with van der Waals surface area (Å²) in [6, 6.07) is 3.63. The van der Waals surface area contributed by atoms with Crippen molar-refractivity contribution in [3.05, 3.63) is 29.4 Å². The van der Waals surface area contributed by atoms with Gasteiger partial charge in [0, 0.05) is 23.3 Å². The lowest BCUT2D eigenvalue weighted by Crippen LogP contribution is -2.00. The number of nitrogen functional groups attached to an aromatic ring is 1. The maximum Gasteiger partial charge on any atom is 0.125 e. The van der Waals surface area contributed by atoms with Crippen LogP contribution in [0.25, 0.3) is 0 Å². The van der Waals surface area contributed by atoms with Gasteiger partial charge >= 0.3 is 0 Å². The van der Waals surface area contributed by atoms with E-state index in [1.165, 1.54) is 11.5 Å². The summed E-state index contributed by atoms with van der Waals surface area (Å²) in [5.74, 6) is 0.506. The average Bonchev–Trinajstić information content (AvgIpc) is 2.67. The van der Waals surface area contributed by atoms with E-state index in [4.69, 9.17) is 5.73 Å². The molecule has 72 valence electrons. The maximum atomic E-state index is 5.53. The molecule has 2 aromatic heterocycles. The minimum absolute atomic E-state index is 0.506. The topological polar surface area (TPSA) is 76.7 Å². The SMILES string of the molecule is Nc1cc(NCc2csnn2)ccn1. The minimum atomic E-state index is 0.506. The van der Waals surface area contributed by atoms with Crippen LogP contribution >= 0.6 is 11.5 Å². The summed E-state index contributed by atoms with van der Waals surface area (Å²) in [4.78, 5) is 3.90. The number of nitrogens with zero attached hydrogens (tertiary/aromatic N) is 3. The summed E-state index contributed by atoms with van der Waals surface area (Å²) in [6.45, 7) is 0.653. The Morgan fingerprint density at radius 1 is 1.50 bits per heavy atom. The fourth-order valence-electron chi connectivity index (χ4n) is 1.01. The second-order valence-corrected chi connectivity index (χ2v) is 3.33. The summed E-state index contributed by atoms with van der Waals surface area (Å²) in [5.41, 5.74) is 7.39. The van der Waals surface area contributed by atoms with Gasteiger partial charge in [-0.15, -0.1) is 5.10 Å². The molecule has 14 heavy (non-hydrogen) atoms. The fourth-order valence-corrected chi connectivity index (χ4v) is 1.46. The van der Waals surface area contributed by atoms with Crippen molar-refractivity contribution in [2.24, 2.45) is 0 Å². The first-order chi connectivity index (χ1) is 6.84. The van der Waals surface area contributed by atoms with Crippen molar-refractivity contribution in [1.29, 1.82) is 0 Å². The Kier molecular flexibility index (Phi) is 2.55. The highest BCUT2D eigenvalue weighted by Crippen LogP contribution is 2.10. The second-order valence-electron chi connectivity index (χ2n) is 2.72. The van der Waals surface area contributed by atoms with E-state index in [9.17, 15) is 0 Å². The first-order valence-corrected chi connectivity index (χ1v) is 4.89. The first-order valence-electron chi connectivity index (χ1n) is 4.06. The lowest BCUT2D eigenvalue weighted by atomic mass is 10.3. The van der Waals surface area contributed by atoms with Gasteiger partial charge in [-0.2, -0.15) is 0 Å². The van der Waals surface area contributed by atoms with Crippen molar-refractivity contribution < 1.29 is 0 Å². The molecule has 2 rings (SSSR count). The molecule has 2 heterocycles. The molecule has 6 heteroatoms. The van der Waals surface area contributed by atoms with Crippen LogP contribution in [0.15, 0.2) is 23.7 Å². The van der Waals surface area contributed by atoms with Gasteiger partial charge < -0.3 is 11.1 Å². The maximum absolute atomic E-state index is 5.53. The molecule has 0 aliphatic carbocycles. The average molecular weight is 207 g/mol. The van der Waals surface area contributed by atoms with Crippen molar-refractivity contribution in [3.8, 4) is 0 Å². The fraction of sp³-hybridized carbons (Fsp3) is 0.125. The highest BCUT2D eigenvalue weighted by atomic mass is 32.1. The summed E-state index contributed by atoms with van der Waals surface area (Å²) in [7, 11) is 0. The third-order valence-corrected chi connectivity index (χ3v) is 2.21. The zero-order valence-corrected chi connectivity index (χ0v) is 8.16. The van der Waals surface area contributed by atoms with Gasteiger partial charge in [-0.1, -0.05) is 4.49 Å². The van der Waals surface area contributed by atoms with Crippen LogP contribution in [0, 0.1) is 0 Å². The Balaban J connectivity index is 1.98. The van der Waals surface area contributed by atoms with Crippen molar-refractivity contribution >= 4 is 23.0 Å². The van der Waals surface area contributed by atoms with Crippen molar-refractivity contribution in [2.45, 2.75) is 6.54 Å². The molecular formula is C8H9N5S. The zero-order valence-electron chi connectivity index (χ0n) is 7.34. The third-order valence-electron chi connectivity index (χ3n) is 1.66. The molecule has 0 spiro atoms. The van der Waals surface area contributed by atoms with E-state index < -0.39 is 0 Å². The second kappa shape index (κ2) is 4.01. The molecule has 0 saturated heterocycles. The van der Waals surface area contributed by atoms with Gasteiger partial charge in [0.1, 0.15) is 5.82 Å². The number of aromatic nitrogens is 3. The number of nitrogens with two attached hydrogens (primary N) is 1. The van der Waals surface area contributed by atoms with Gasteiger partial charge in [0.15, 0.2) is 0 Å². The largest absolute Gasteiger partial charge is 0.384 e. The molecule has 5 nitrogen and oxygen atoms in total. The Bertz CT molecular complexity index is 400. The number of hydrogen-bond acceptors (Lipinski definition) is 6. The van der Waals surface area contributed by atoms with Gasteiger partial charge in [-0.05, 0) is 17.6 Å². The number of pyridine rings is 1. The Morgan fingerprint density at radius 2 is 2.43 bits per heavy atom. The highest BCUT2D eigenvalue weighted by molar-refractivity contribution is 7.03. The van der Waals surface area contributed by atoms with Crippen LogP contribution in [-0.4, -0.2) is 14.6 Å². The van der Waals surface area contributed by atoms with E-state index in [2.05, 4.69) is 19.9 Å². The third kappa shape index (κ3) is 2.17. The van der Waals surface area contributed by atoms with Crippen LogP contribution in [0.4, 0.5) is 11.5 Å². The number of rotatable bonds is 3. The van der Waals surface area contributed by atoms with Crippen LogP contribution in [0.3, 0.4) is 0 Å². The summed E-state index contributed by atoms with van der Waals surface area (Å²) < 4.78 is 3.77. The Labute approximate surface area is 85.2 Å². The van der Waals surface area contributed by atoms with E-state index in [-0.39, 0.29) is 0 Å². The molecule has 0 unspecified atom stereocenters. The molecule has 0 bridgehead atoms. The van der Waals surface area contributed by atoms with E-state index in [0.717, 1.165) is 11.4 Å². The standard InChI is InChI=1S/C8H9N5S/c9-8-3-6(1-2-10-8)11-4-7-5-14-13-12-7/h1-3,5H,4H2,(H3,9,10,11). The molecule has 0 aliphatic rings. The predicted molar refractivity (Wildman–Crippen MR) is 55.9 cm³/mol. The van der Waals surface area contributed by atoms with Crippen LogP contribution in [0.5, 0.6) is 0 Å². The number of anilines is 2. The zero-order chi connectivity index (χ0) is 9.80. The van der Waals surface area contributed by atoms with Crippen molar-refractivity contribution in [1.82, 2.24) is 14.6 Å². The van der Waals surface area contributed by atoms with E-state index in [1.807, 2.05) is 11.4 Å². The van der Waals surface area contributed by atoms with Crippen LogP contribution < -0.4 is 11.1 Å². The van der Waals surface area contributed by atoms with Gasteiger partial charge in [0.25, 0.3) is 0 Å². The van der Waals surface area contributed by atoms with Gasteiger partial charge in [0.2, 0.25) is 0 Å². The Morgan fingerprint density at radius 3 is 3.14 bits per heavy atom. The molecule has 0 aliphatic heterocycles. The molecule has 0 fully saturated rings. The highest BCUT2D eigenvalue weighted by Gasteiger charge is 1.96. The molecule has 2 aromatic rings. The minimum Gasteiger partial charge on any atom is -0.384 e. The summed E-state index contributed by atoms with van der Waals surface area (Å²) in [5, 5.41) is 8.99. The van der Waals surface area contributed by atoms with E-state index >= 15 is 0 Å². The smallest absolute Gasteiger partial charge is 0.125 e. The number of hydrogen-bond donors (Lipinski definition) is 2. The van der Waals surface area contributed by atoms with E-state index in [1.54, 1.807) is 12.3 Å². The molecule has 0 radical (unpaired) electrons. The number of nitrogens with one attached hydrogen (secondary N) is 1. The first kappa shape index (κ1) is 8.89. The lowest BCUT2D eigenvalue weighted by Gasteiger charge is -2.03. The molecule has 0 atom stereocenters. The van der Waals surface area contributed by atoms with Crippen molar-refractivity contribution in [3.63, 3.8) is 0 Å². The van der Waals surface area contributed by atoms with Crippen molar-refractivity contribution in [2.75, 3.05) is 11.1 Å².